The van der Waals surface area contributed by atoms with Crippen LogP contribution < -0.4 is 0 Å². The zero-order valence-corrected chi connectivity index (χ0v) is 9.95. The van der Waals surface area contributed by atoms with Crippen LogP contribution in [-0.2, 0) is 4.74 Å². The molecule has 1 saturated heterocycles. The normalized spacial score (nSPS) is 19.0. The molecule has 4 nitrogen and oxygen atoms in total. The maximum absolute atomic E-state index is 12.2. The maximum atomic E-state index is 12.2. The Balaban J connectivity index is 1.83. The van der Waals surface area contributed by atoms with Gasteiger partial charge in [-0.2, -0.15) is 5.10 Å². The first-order valence-corrected chi connectivity index (χ1v) is 6.06. The molecule has 0 saturated carbocycles. The minimum Gasteiger partial charge on any atom is -0.381 e. The van der Waals surface area contributed by atoms with E-state index in [1.54, 1.807) is 17.1 Å². The Morgan fingerprint density at radius 2 is 2.17 bits per heavy atom. The molecule has 1 aromatic carbocycles. The van der Waals surface area contributed by atoms with Crippen LogP contribution in [0.15, 0.2) is 42.7 Å². The summed E-state index contributed by atoms with van der Waals surface area (Å²) in [6, 6.07) is 9.77. The summed E-state index contributed by atoms with van der Waals surface area (Å²) in [6.45, 7) is 1.22. The zero-order chi connectivity index (χ0) is 12.4. The number of ketones is 1. The average molecular weight is 242 g/mol. The second kappa shape index (κ2) is 4.74. The molecule has 1 aliphatic heterocycles. The molecule has 1 atom stereocenters. The molecule has 2 aromatic rings. The molecule has 0 radical (unpaired) electrons. The van der Waals surface area contributed by atoms with Crippen LogP contribution in [0.1, 0.15) is 16.8 Å². The van der Waals surface area contributed by atoms with E-state index in [1.165, 1.54) is 0 Å². The van der Waals surface area contributed by atoms with Crippen LogP contribution in [0.3, 0.4) is 0 Å². The number of nitrogens with zero attached hydrogens (tertiary/aromatic N) is 2. The highest BCUT2D eigenvalue weighted by molar-refractivity contribution is 5.97. The molecule has 2 heterocycles. The molecule has 1 aromatic heterocycles. The minimum atomic E-state index is -0.00146. The second-order valence-corrected chi connectivity index (χ2v) is 4.43. The molecule has 1 unspecified atom stereocenters. The van der Waals surface area contributed by atoms with E-state index in [4.69, 9.17) is 4.74 Å². The maximum Gasteiger partial charge on any atom is 0.171 e. The fraction of sp³-hybridized carbons (Fsp3) is 0.286. The van der Waals surface area contributed by atoms with E-state index in [0.717, 1.165) is 12.1 Å². The van der Waals surface area contributed by atoms with E-state index in [1.807, 2.05) is 30.3 Å². The van der Waals surface area contributed by atoms with Crippen LogP contribution in [0.4, 0.5) is 0 Å². The van der Waals surface area contributed by atoms with Gasteiger partial charge in [0.1, 0.15) is 0 Å². The van der Waals surface area contributed by atoms with Crippen molar-refractivity contribution in [2.45, 2.75) is 6.42 Å². The van der Waals surface area contributed by atoms with Crippen molar-refractivity contribution < 1.29 is 9.53 Å². The van der Waals surface area contributed by atoms with E-state index in [2.05, 4.69) is 5.10 Å². The third kappa shape index (κ3) is 2.07. The largest absolute Gasteiger partial charge is 0.381 e. The van der Waals surface area contributed by atoms with Crippen LogP contribution in [0.2, 0.25) is 0 Å². The number of benzene rings is 1. The predicted molar refractivity (Wildman–Crippen MR) is 66.8 cm³/mol. The molecule has 0 aliphatic carbocycles. The summed E-state index contributed by atoms with van der Waals surface area (Å²) in [5, 5.41) is 4.23. The van der Waals surface area contributed by atoms with Gasteiger partial charge in [0.05, 0.1) is 24.1 Å². The molecule has 1 fully saturated rings. The summed E-state index contributed by atoms with van der Waals surface area (Å²) in [7, 11) is 0. The Morgan fingerprint density at radius 1 is 1.33 bits per heavy atom. The molecule has 0 bridgehead atoms. The summed E-state index contributed by atoms with van der Waals surface area (Å²) in [5.74, 6) is 0.133. The van der Waals surface area contributed by atoms with Crippen molar-refractivity contribution in [3.8, 4) is 5.69 Å². The highest BCUT2D eigenvalue weighted by atomic mass is 16.5. The fourth-order valence-corrected chi connectivity index (χ4v) is 2.15. The van der Waals surface area contributed by atoms with E-state index in [9.17, 15) is 4.79 Å². The van der Waals surface area contributed by atoms with E-state index in [-0.39, 0.29) is 11.7 Å². The molecule has 1 aliphatic rings. The van der Waals surface area contributed by atoms with Gasteiger partial charge < -0.3 is 4.74 Å². The SMILES string of the molecule is O=C(c1cnn(-c2ccccc2)c1)C1CCOC1. The molecular formula is C14H14N2O2. The Morgan fingerprint density at radius 3 is 2.89 bits per heavy atom. The Labute approximate surface area is 105 Å². The first-order chi connectivity index (χ1) is 8.84. The summed E-state index contributed by atoms with van der Waals surface area (Å²) < 4.78 is 6.97. The van der Waals surface area contributed by atoms with Crippen molar-refractivity contribution in [1.29, 1.82) is 0 Å². The lowest BCUT2D eigenvalue weighted by Gasteiger charge is -2.03. The van der Waals surface area contributed by atoms with Crippen LogP contribution >= 0.6 is 0 Å². The van der Waals surface area contributed by atoms with Crippen molar-refractivity contribution in [2.75, 3.05) is 13.2 Å². The fourth-order valence-electron chi connectivity index (χ4n) is 2.15. The number of carbonyl (C=O) groups excluding carboxylic acids is 1. The van der Waals surface area contributed by atoms with Crippen LogP contribution in [0.5, 0.6) is 0 Å². The van der Waals surface area contributed by atoms with Crippen LogP contribution in [-0.4, -0.2) is 28.8 Å². The zero-order valence-electron chi connectivity index (χ0n) is 9.95. The molecule has 0 N–H and O–H groups in total. The first kappa shape index (κ1) is 11.2. The first-order valence-electron chi connectivity index (χ1n) is 6.06. The molecule has 0 amide bonds. The van der Waals surface area contributed by atoms with E-state index < -0.39 is 0 Å². The van der Waals surface area contributed by atoms with Gasteiger partial charge in [-0.1, -0.05) is 18.2 Å². The van der Waals surface area contributed by atoms with Crippen LogP contribution in [0, 0.1) is 5.92 Å². The van der Waals surface area contributed by atoms with Gasteiger partial charge in [0.2, 0.25) is 0 Å². The summed E-state index contributed by atoms with van der Waals surface area (Å²) in [5.41, 5.74) is 1.62. The Bertz CT molecular complexity index is 542. The number of aromatic nitrogens is 2. The van der Waals surface area contributed by atoms with Gasteiger partial charge in [-0.05, 0) is 18.6 Å². The highest BCUT2D eigenvalue weighted by Crippen LogP contribution is 2.18. The minimum absolute atomic E-state index is 0.00146. The van der Waals surface area contributed by atoms with E-state index in [0.29, 0.717) is 18.8 Å². The number of Topliss-reactive ketones (excluding diaryl/α,β-unsaturated/α-hetero) is 1. The smallest absolute Gasteiger partial charge is 0.171 e. The van der Waals surface area contributed by atoms with Crippen molar-refractivity contribution in [3.05, 3.63) is 48.3 Å². The van der Waals surface area contributed by atoms with Crippen LogP contribution in [0.25, 0.3) is 5.69 Å². The Hall–Kier alpha value is -1.94. The van der Waals surface area contributed by atoms with Crippen molar-refractivity contribution in [3.63, 3.8) is 0 Å². The summed E-state index contributed by atoms with van der Waals surface area (Å²) >= 11 is 0. The molecule has 0 spiro atoms. The third-order valence-electron chi connectivity index (χ3n) is 3.19. The number of carbonyl (C=O) groups is 1. The molecule has 4 heteroatoms. The van der Waals surface area contributed by atoms with Crippen molar-refractivity contribution >= 4 is 5.78 Å². The van der Waals surface area contributed by atoms with Crippen molar-refractivity contribution in [2.24, 2.45) is 5.92 Å². The number of hydrogen-bond acceptors (Lipinski definition) is 3. The molecule has 18 heavy (non-hydrogen) atoms. The van der Waals surface area contributed by atoms with Gasteiger partial charge in [-0.25, -0.2) is 4.68 Å². The number of hydrogen-bond donors (Lipinski definition) is 0. The summed E-state index contributed by atoms with van der Waals surface area (Å²) in [6.07, 6.45) is 4.24. The quantitative estimate of drug-likeness (QED) is 0.774. The van der Waals surface area contributed by atoms with Gasteiger partial charge >= 0.3 is 0 Å². The monoisotopic (exact) mass is 242 g/mol. The average Bonchev–Trinajstić information content (AvgIpc) is 3.10. The lowest BCUT2D eigenvalue weighted by molar-refractivity contribution is 0.0900. The number of rotatable bonds is 3. The van der Waals surface area contributed by atoms with Gasteiger partial charge in [0.15, 0.2) is 5.78 Å². The Kier molecular flexibility index (Phi) is 2.94. The number of ether oxygens (including phenoxy) is 1. The molecular weight excluding hydrogens is 228 g/mol. The van der Waals surface area contributed by atoms with Gasteiger partial charge in [0, 0.05) is 18.7 Å². The lowest BCUT2D eigenvalue weighted by Crippen LogP contribution is -2.13. The number of para-hydroxylation sites is 1. The summed E-state index contributed by atoms with van der Waals surface area (Å²) in [4.78, 5) is 12.2. The highest BCUT2D eigenvalue weighted by Gasteiger charge is 2.25. The van der Waals surface area contributed by atoms with Gasteiger partial charge in [0.25, 0.3) is 0 Å². The molecule has 92 valence electrons. The van der Waals surface area contributed by atoms with Gasteiger partial charge in [-0.15, -0.1) is 0 Å². The second-order valence-electron chi connectivity index (χ2n) is 4.43. The predicted octanol–water partition coefficient (Wildman–Crippen LogP) is 2.09. The third-order valence-corrected chi connectivity index (χ3v) is 3.19. The topological polar surface area (TPSA) is 44.1 Å². The lowest BCUT2D eigenvalue weighted by atomic mass is 10.00. The standard InChI is InChI=1S/C14H14N2O2/c17-14(11-6-7-18-10-11)12-8-15-16(9-12)13-4-2-1-3-5-13/h1-5,8-9,11H,6-7,10H2. The van der Waals surface area contributed by atoms with Crippen molar-refractivity contribution in [1.82, 2.24) is 9.78 Å². The van der Waals surface area contributed by atoms with E-state index >= 15 is 0 Å². The van der Waals surface area contributed by atoms with Gasteiger partial charge in [-0.3, -0.25) is 4.79 Å². The molecule has 3 rings (SSSR count).